The molecule has 5 heteroatoms. The number of hydrogen-bond acceptors (Lipinski definition) is 3. The van der Waals surface area contributed by atoms with E-state index in [1.807, 2.05) is 24.3 Å². The molecule has 94 valence electrons. The lowest BCUT2D eigenvalue weighted by atomic mass is 10.2. The van der Waals surface area contributed by atoms with Gasteiger partial charge in [0.1, 0.15) is 12.0 Å². The van der Waals surface area contributed by atoms with E-state index in [1.54, 1.807) is 18.7 Å². The van der Waals surface area contributed by atoms with Gasteiger partial charge in [-0.1, -0.05) is 29.8 Å². The maximum Gasteiger partial charge on any atom is 0.323 e. The van der Waals surface area contributed by atoms with Gasteiger partial charge in [0.15, 0.2) is 0 Å². The Hall–Kier alpha value is -0.380. The van der Waals surface area contributed by atoms with Gasteiger partial charge in [-0.3, -0.25) is 4.79 Å². The largest absolute Gasteiger partial charge is 0.464 e. The molecule has 0 heterocycles. The van der Waals surface area contributed by atoms with E-state index >= 15 is 0 Å². The van der Waals surface area contributed by atoms with Gasteiger partial charge in [-0.25, -0.2) is 0 Å². The first kappa shape index (κ1) is 14.7. The van der Waals surface area contributed by atoms with Gasteiger partial charge in [-0.2, -0.15) is 11.8 Å². The molecule has 0 aliphatic rings. The SMILES string of the molecule is CC(Cl)C(=O)OCCSCc1ccccc1Cl. The van der Waals surface area contributed by atoms with Crippen molar-refractivity contribution >= 4 is 40.9 Å². The average Bonchev–Trinajstić information content (AvgIpc) is 2.30. The maximum atomic E-state index is 11.0. The van der Waals surface area contributed by atoms with E-state index in [9.17, 15) is 4.79 Å². The summed E-state index contributed by atoms with van der Waals surface area (Å²) in [6.45, 7) is 1.98. The summed E-state index contributed by atoms with van der Waals surface area (Å²) in [6.07, 6.45) is 0. The number of esters is 1. The number of carbonyl (C=O) groups excluding carboxylic acids is 1. The number of ether oxygens (including phenoxy) is 1. The van der Waals surface area contributed by atoms with E-state index < -0.39 is 5.38 Å². The molecule has 2 nitrogen and oxygen atoms in total. The van der Waals surface area contributed by atoms with Crippen LogP contribution in [0.5, 0.6) is 0 Å². The molecule has 0 radical (unpaired) electrons. The normalized spacial score (nSPS) is 12.2. The number of halogens is 2. The summed E-state index contributed by atoms with van der Waals surface area (Å²) >= 11 is 13.2. The lowest BCUT2D eigenvalue weighted by Gasteiger charge is -2.06. The predicted molar refractivity (Wildman–Crippen MR) is 73.9 cm³/mol. The van der Waals surface area contributed by atoms with Crippen LogP contribution in [0.2, 0.25) is 5.02 Å². The fourth-order valence-corrected chi connectivity index (χ4v) is 2.28. The van der Waals surface area contributed by atoms with Gasteiger partial charge < -0.3 is 4.74 Å². The summed E-state index contributed by atoms with van der Waals surface area (Å²) in [5.74, 6) is 1.18. The molecule has 1 rings (SSSR count). The Morgan fingerprint density at radius 1 is 1.47 bits per heavy atom. The van der Waals surface area contributed by atoms with E-state index in [2.05, 4.69) is 0 Å². The van der Waals surface area contributed by atoms with Crippen LogP contribution in [0.4, 0.5) is 0 Å². The van der Waals surface area contributed by atoms with Crippen LogP contribution in [-0.4, -0.2) is 23.7 Å². The quantitative estimate of drug-likeness (QED) is 0.454. The Labute approximate surface area is 116 Å². The predicted octanol–water partition coefficient (Wildman–Crippen LogP) is 3.74. The monoisotopic (exact) mass is 292 g/mol. The zero-order chi connectivity index (χ0) is 12.7. The topological polar surface area (TPSA) is 26.3 Å². The van der Waals surface area contributed by atoms with Crippen molar-refractivity contribution in [3.05, 3.63) is 34.9 Å². The van der Waals surface area contributed by atoms with Gasteiger partial charge in [0.25, 0.3) is 0 Å². The lowest BCUT2D eigenvalue weighted by molar-refractivity contribution is -0.142. The number of benzene rings is 1. The van der Waals surface area contributed by atoms with Crippen LogP contribution in [0.3, 0.4) is 0 Å². The van der Waals surface area contributed by atoms with Crippen LogP contribution in [0.25, 0.3) is 0 Å². The number of thioether (sulfide) groups is 1. The minimum absolute atomic E-state index is 0.370. The molecule has 0 N–H and O–H groups in total. The zero-order valence-corrected chi connectivity index (χ0v) is 11.8. The third-order valence-corrected chi connectivity index (χ3v) is 3.53. The molecule has 0 amide bonds. The van der Waals surface area contributed by atoms with Gasteiger partial charge in [-0.05, 0) is 18.6 Å². The van der Waals surface area contributed by atoms with E-state index in [0.717, 1.165) is 22.1 Å². The summed E-state index contributed by atoms with van der Waals surface area (Å²) in [7, 11) is 0. The van der Waals surface area contributed by atoms with Crippen molar-refractivity contribution in [3.63, 3.8) is 0 Å². The van der Waals surface area contributed by atoms with Crippen LogP contribution in [0.1, 0.15) is 12.5 Å². The highest BCUT2D eigenvalue weighted by molar-refractivity contribution is 7.98. The zero-order valence-electron chi connectivity index (χ0n) is 9.49. The molecule has 0 aromatic heterocycles. The fraction of sp³-hybridized carbons (Fsp3) is 0.417. The Bertz CT molecular complexity index is 369. The summed E-state index contributed by atoms with van der Waals surface area (Å²) < 4.78 is 4.95. The van der Waals surface area contributed by atoms with Gasteiger partial charge >= 0.3 is 5.97 Å². The van der Waals surface area contributed by atoms with E-state index in [1.165, 1.54) is 0 Å². The van der Waals surface area contributed by atoms with Crippen LogP contribution in [-0.2, 0) is 15.3 Å². The molecule has 0 aliphatic heterocycles. The minimum Gasteiger partial charge on any atom is -0.464 e. The molecule has 1 aromatic rings. The van der Waals surface area contributed by atoms with Gasteiger partial charge in [0, 0.05) is 16.5 Å². The third-order valence-electron chi connectivity index (χ3n) is 2.01. The molecular weight excluding hydrogens is 279 g/mol. The van der Waals surface area contributed by atoms with E-state index in [4.69, 9.17) is 27.9 Å². The van der Waals surface area contributed by atoms with Crippen molar-refractivity contribution in [2.75, 3.05) is 12.4 Å². The molecule has 1 unspecified atom stereocenters. The minimum atomic E-state index is -0.580. The number of rotatable bonds is 6. The summed E-state index contributed by atoms with van der Waals surface area (Å²) in [5.41, 5.74) is 1.09. The van der Waals surface area contributed by atoms with Gasteiger partial charge in [0.2, 0.25) is 0 Å². The van der Waals surface area contributed by atoms with Crippen molar-refractivity contribution in [2.45, 2.75) is 18.1 Å². The number of carbonyl (C=O) groups is 1. The highest BCUT2D eigenvalue weighted by Gasteiger charge is 2.09. The molecule has 0 bridgehead atoms. The second kappa shape index (κ2) is 7.85. The molecule has 17 heavy (non-hydrogen) atoms. The molecule has 0 fully saturated rings. The summed E-state index contributed by atoms with van der Waals surface area (Å²) in [6, 6.07) is 7.71. The first-order chi connectivity index (χ1) is 8.11. The first-order valence-electron chi connectivity index (χ1n) is 5.23. The van der Waals surface area contributed by atoms with Crippen molar-refractivity contribution in [1.82, 2.24) is 0 Å². The lowest BCUT2D eigenvalue weighted by Crippen LogP contribution is -2.15. The Morgan fingerprint density at radius 3 is 2.82 bits per heavy atom. The molecule has 0 saturated heterocycles. The summed E-state index contributed by atoms with van der Waals surface area (Å²) in [5, 5.41) is 0.190. The van der Waals surface area contributed by atoms with E-state index in [0.29, 0.717) is 6.61 Å². The highest BCUT2D eigenvalue weighted by atomic mass is 35.5. The molecule has 0 spiro atoms. The van der Waals surface area contributed by atoms with Crippen molar-refractivity contribution < 1.29 is 9.53 Å². The summed E-state index contributed by atoms with van der Waals surface area (Å²) in [4.78, 5) is 11.0. The molecular formula is C12H14Cl2O2S. The number of alkyl halides is 1. The molecule has 0 aliphatic carbocycles. The Balaban J connectivity index is 2.17. The van der Waals surface area contributed by atoms with Crippen molar-refractivity contribution in [2.24, 2.45) is 0 Å². The van der Waals surface area contributed by atoms with Crippen LogP contribution in [0, 0.1) is 0 Å². The Morgan fingerprint density at radius 2 is 2.18 bits per heavy atom. The average molecular weight is 293 g/mol. The number of hydrogen-bond donors (Lipinski definition) is 0. The van der Waals surface area contributed by atoms with Crippen molar-refractivity contribution in [3.8, 4) is 0 Å². The fourth-order valence-electron chi connectivity index (χ4n) is 1.11. The maximum absolute atomic E-state index is 11.0. The van der Waals surface area contributed by atoms with E-state index in [-0.39, 0.29) is 5.97 Å². The molecule has 1 aromatic carbocycles. The first-order valence-corrected chi connectivity index (χ1v) is 7.20. The van der Waals surface area contributed by atoms with Crippen LogP contribution >= 0.6 is 35.0 Å². The second-order valence-electron chi connectivity index (χ2n) is 3.43. The second-order valence-corrected chi connectivity index (χ2v) is 5.59. The smallest absolute Gasteiger partial charge is 0.323 e. The highest BCUT2D eigenvalue weighted by Crippen LogP contribution is 2.20. The third kappa shape index (κ3) is 5.66. The van der Waals surface area contributed by atoms with Crippen LogP contribution in [0.15, 0.2) is 24.3 Å². The van der Waals surface area contributed by atoms with Crippen molar-refractivity contribution in [1.29, 1.82) is 0 Å². The Kier molecular flexibility index (Phi) is 6.78. The van der Waals surface area contributed by atoms with Gasteiger partial charge in [0.05, 0.1) is 0 Å². The van der Waals surface area contributed by atoms with Gasteiger partial charge in [-0.15, -0.1) is 11.6 Å². The standard InChI is InChI=1S/C12H14Cl2O2S/c1-9(13)12(15)16-6-7-17-8-10-4-2-3-5-11(10)14/h2-5,9H,6-8H2,1H3. The molecule has 0 saturated carbocycles. The molecule has 1 atom stereocenters. The van der Waals surface area contributed by atoms with Crippen LogP contribution < -0.4 is 0 Å².